The molecule has 0 bridgehead atoms. The van der Waals surface area contributed by atoms with Crippen LogP contribution < -0.4 is 0 Å². The summed E-state index contributed by atoms with van der Waals surface area (Å²) in [5.74, 6) is -0.738. The molecule has 0 aromatic rings. The lowest BCUT2D eigenvalue weighted by Gasteiger charge is -2.30. The molecule has 0 fully saturated rings. The zero-order chi connectivity index (χ0) is 24.2. The van der Waals surface area contributed by atoms with Crippen LogP contribution in [0.25, 0.3) is 0 Å². The van der Waals surface area contributed by atoms with E-state index in [1.54, 1.807) is 41.5 Å². The lowest BCUT2D eigenvalue weighted by molar-refractivity contribution is -0.145. The first kappa shape index (κ1) is 28.6. The molecule has 0 aromatic heterocycles. The van der Waals surface area contributed by atoms with Crippen LogP contribution >= 0.6 is 0 Å². The van der Waals surface area contributed by atoms with Crippen LogP contribution in [0.5, 0.6) is 0 Å². The summed E-state index contributed by atoms with van der Waals surface area (Å²) in [4.78, 5) is 50.1. The van der Waals surface area contributed by atoms with Crippen LogP contribution in [0.2, 0.25) is 0 Å². The first-order valence-electron chi connectivity index (χ1n) is 9.92. The number of aldehydes is 1. The highest BCUT2D eigenvalue weighted by molar-refractivity contribution is 5.78. The molecule has 180 valence electrons. The van der Waals surface area contributed by atoms with Crippen molar-refractivity contribution in [2.75, 3.05) is 46.6 Å². The Morgan fingerprint density at radius 1 is 0.935 bits per heavy atom. The number of amides is 2. The van der Waals surface area contributed by atoms with E-state index in [2.05, 4.69) is 0 Å². The van der Waals surface area contributed by atoms with Crippen LogP contribution in [0.15, 0.2) is 0 Å². The van der Waals surface area contributed by atoms with E-state index in [4.69, 9.17) is 18.9 Å². The number of rotatable bonds is 11. The summed E-state index contributed by atoms with van der Waals surface area (Å²) in [7, 11) is 1.46. The first-order valence-corrected chi connectivity index (χ1v) is 9.92. The van der Waals surface area contributed by atoms with E-state index in [9.17, 15) is 24.3 Å². The van der Waals surface area contributed by atoms with Crippen molar-refractivity contribution in [3.8, 4) is 0 Å². The predicted octanol–water partition coefficient (Wildman–Crippen LogP) is 1.21. The fourth-order valence-electron chi connectivity index (χ4n) is 2.15. The van der Waals surface area contributed by atoms with Gasteiger partial charge in [0.15, 0.2) is 0 Å². The number of aliphatic hydroxyl groups excluding tert-OH is 1. The van der Waals surface area contributed by atoms with Gasteiger partial charge in [-0.25, -0.2) is 9.59 Å². The molecule has 0 aromatic carbocycles. The van der Waals surface area contributed by atoms with E-state index in [0.29, 0.717) is 6.29 Å². The molecule has 1 atom stereocenters. The molecule has 0 aliphatic carbocycles. The van der Waals surface area contributed by atoms with Crippen molar-refractivity contribution in [2.45, 2.75) is 58.8 Å². The Morgan fingerprint density at radius 2 is 1.48 bits per heavy atom. The summed E-state index contributed by atoms with van der Waals surface area (Å²) in [6.45, 7) is 8.93. The quantitative estimate of drug-likeness (QED) is 0.281. The third-order valence-corrected chi connectivity index (χ3v) is 3.50. The monoisotopic (exact) mass is 448 g/mol. The largest absolute Gasteiger partial charge is 0.462 e. The van der Waals surface area contributed by atoms with E-state index in [0.717, 1.165) is 9.80 Å². The van der Waals surface area contributed by atoms with E-state index in [1.807, 2.05) is 0 Å². The van der Waals surface area contributed by atoms with Crippen LogP contribution in [0.1, 0.15) is 41.5 Å². The van der Waals surface area contributed by atoms with Gasteiger partial charge < -0.3 is 28.8 Å². The van der Waals surface area contributed by atoms with Gasteiger partial charge in [0.2, 0.25) is 0 Å². The van der Waals surface area contributed by atoms with Crippen molar-refractivity contribution < 1.29 is 43.2 Å². The number of ether oxygens (including phenoxy) is 4. The average Bonchev–Trinajstić information content (AvgIpc) is 2.61. The minimum Gasteiger partial charge on any atom is -0.462 e. The van der Waals surface area contributed by atoms with Gasteiger partial charge >= 0.3 is 18.2 Å². The van der Waals surface area contributed by atoms with E-state index in [-0.39, 0.29) is 32.8 Å². The van der Waals surface area contributed by atoms with Gasteiger partial charge in [-0.2, -0.15) is 0 Å². The number of carbonyl (C=O) groups excluding carboxylic acids is 4. The van der Waals surface area contributed by atoms with Crippen molar-refractivity contribution in [1.29, 1.82) is 0 Å². The summed E-state index contributed by atoms with van der Waals surface area (Å²) in [5, 5.41) is 9.35. The molecule has 0 spiro atoms. The topological polar surface area (TPSA) is 132 Å². The van der Waals surface area contributed by atoms with Crippen molar-refractivity contribution in [3.63, 3.8) is 0 Å². The van der Waals surface area contributed by atoms with Gasteiger partial charge in [0.1, 0.15) is 36.7 Å². The minimum atomic E-state index is -1.14. The molecule has 11 heteroatoms. The third-order valence-electron chi connectivity index (χ3n) is 3.50. The highest BCUT2D eigenvalue weighted by atomic mass is 16.6. The summed E-state index contributed by atoms with van der Waals surface area (Å²) in [6, 6.07) is -1.14. The van der Waals surface area contributed by atoms with Gasteiger partial charge in [-0.15, -0.1) is 0 Å². The second-order valence-electron chi connectivity index (χ2n) is 8.67. The molecular formula is C20H36N2O9. The van der Waals surface area contributed by atoms with Crippen LogP contribution in [0.3, 0.4) is 0 Å². The van der Waals surface area contributed by atoms with Gasteiger partial charge in [-0.05, 0) is 41.5 Å². The number of nitrogens with zero attached hydrogens (tertiary/aromatic N) is 2. The Morgan fingerprint density at radius 3 is 1.94 bits per heavy atom. The molecule has 11 nitrogen and oxygen atoms in total. The Hall–Kier alpha value is -2.40. The number of hydrogen-bond acceptors (Lipinski definition) is 9. The lowest BCUT2D eigenvalue weighted by Crippen LogP contribution is -2.48. The van der Waals surface area contributed by atoms with Crippen molar-refractivity contribution in [1.82, 2.24) is 9.80 Å². The Balaban J connectivity index is 4.96. The maximum Gasteiger partial charge on any atom is 0.411 e. The molecule has 0 saturated heterocycles. The van der Waals surface area contributed by atoms with E-state index >= 15 is 0 Å². The average molecular weight is 449 g/mol. The molecule has 1 unspecified atom stereocenters. The second-order valence-corrected chi connectivity index (χ2v) is 8.67. The standard InChI is InChI=1S/C20H36N2O9/c1-19(2,3)30-17(26)21(8-10-28-7)12-16(25)29-11-9-22(15(13-23)14-24)18(27)31-20(4,5)6/h13,15,24H,8-12,14H2,1-7H3. The maximum absolute atomic E-state index is 12.3. The zero-order valence-electron chi connectivity index (χ0n) is 19.5. The summed E-state index contributed by atoms with van der Waals surface area (Å²) in [6.07, 6.45) is -1.12. The van der Waals surface area contributed by atoms with Crippen LogP contribution in [-0.2, 0) is 28.5 Å². The molecule has 0 aliphatic rings. The normalized spacial score (nSPS) is 12.5. The molecule has 2 amide bonds. The lowest BCUT2D eigenvalue weighted by atomic mass is 10.2. The predicted molar refractivity (Wildman–Crippen MR) is 111 cm³/mol. The minimum absolute atomic E-state index is 0.113. The number of methoxy groups -OCH3 is 1. The smallest absolute Gasteiger partial charge is 0.411 e. The SMILES string of the molecule is COCCN(CC(=O)OCCN(C(=O)OC(C)(C)C)C(C=O)CO)C(=O)OC(C)(C)C. The highest BCUT2D eigenvalue weighted by Gasteiger charge is 2.29. The molecule has 31 heavy (non-hydrogen) atoms. The summed E-state index contributed by atoms with van der Waals surface area (Å²) >= 11 is 0. The van der Waals surface area contributed by atoms with Gasteiger partial charge in [0.25, 0.3) is 0 Å². The van der Waals surface area contributed by atoms with Crippen molar-refractivity contribution >= 4 is 24.4 Å². The van der Waals surface area contributed by atoms with Gasteiger partial charge in [0.05, 0.1) is 19.8 Å². The van der Waals surface area contributed by atoms with Gasteiger partial charge in [-0.3, -0.25) is 14.6 Å². The Kier molecular flexibility index (Phi) is 12.1. The maximum atomic E-state index is 12.3. The summed E-state index contributed by atoms with van der Waals surface area (Å²) < 4.78 is 20.5. The fraction of sp³-hybridized carbons (Fsp3) is 0.800. The fourth-order valence-corrected chi connectivity index (χ4v) is 2.15. The number of hydrogen-bond donors (Lipinski definition) is 1. The van der Waals surface area contributed by atoms with Crippen molar-refractivity contribution in [3.05, 3.63) is 0 Å². The Bertz CT molecular complexity index is 596. The Labute approximate surface area is 183 Å². The molecule has 1 N–H and O–H groups in total. The van der Waals surface area contributed by atoms with Crippen LogP contribution in [0, 0.1) is 0 Å². The molecule has 0 radical (unpaired) electrons. The van der Waals surface area contributed by atoms with Gasteiger partial charge in [-0.1, -0.05) is 0 Å². The van der Waals surface area contributed by atoms with E-state index in [1.165, 1.54) is 7.11 Å². The molecule has 0 rings (SSSR count). The van der Waals surface area contributed by atoms with Crippen LogP contribution in [0.4, 0.5) is 9.59 Å². The van der Waals surface area contributed by atoms with Crippen LogP contribution in [-0.4, -0.2) is 103 Å². The van der Waals surface area contributed by atoms with E-state index < -0.39 is 42.0 Å². The molecule has 0 saturated carbocycles. The molecular weight excluding hydrogens is 412 g/mol. The number of aliphatic hydroxyl groups is 1. The number of carbonyl (C=O) groups is 4. The summed E-state index contributed by atoms with van der Waals surface area (Å²) in [5.41, 5.74) is -1.56. The van der Waals surface area contributed by atoms with Crippen molar-refractivity contribution in [2.24, 2.45) is 0 Å². The molecule has 0 heterocycles. The highest BCUT2D eigenvalue weighted by Crippen LogP contribution is 2.12. The molecule has 0 aliphatic heterocycles. The third kappa shape index (κ3) is 12.8. The first-order chi connectivity index (χ1) is 14.2. The van der Waals surface area contributed by atoms with Gasteiger partial charge in [0, 0.05) is 13.7 Å². The number of esters is 1. The second kappa shape index (κ2) is 13.1. The zero-order valence-corrected chi connectivity index (χ0v) is 19.5.